The van der Waals surface area contributed by atoms with E-state index in [-0.39, 0.29) is 18.0 Å². The van der Waals surface area contributed by atoms with Crippen LogP contribution in [0.25, 0.3) is 22.2 Å². The number of pyridine rings is 2. The Kier molecular flexibility index (Phi) is 7.09. The first kappa shape index (κ1) is 25.0. The highest BCUT2D eigenvalue weighted by molar-refractivity contribution is 6.00. The predicted molar refractivity (Wildman–Crippen MR) is 142 cm³/mol. The van der Waals surface area contributed by atoms with Gasteiger partial charge in [0.05, 0.1) is 30.9 Å². The van der Waals surface area contributed by atoms with Crippen LogP contribution in [0, 0.1) is 5.82 Å². The highest BCUT2D eigenvalue weighted by Gasteiger charge is 2.24. The van der Waals surface area contributed by atoms with Gasteiger partial charge in [-0.25, -0.2) is 14.4 Å². The van der Waals surface area contributed by atoms with Crippen LogP contribution in [0.5, 0.6) is 11.5 Å². The average molecular weight is 516 g/mol. The summed E-state index contributed by atoms with van der Waals surface area (Å²) in [5.74, 6) is 0.363. The number of likely N-dealkylation sites (tertiary alicyclic amines) is 1. The molecule has 1 aliphatic rings. The highest BCUT2D eigenvalue weighted by atomic mass is 19.1. The minimum atomic E-state index is -0.453. The van der Waals surface area contributed by atoms with Crippen molar-refractivity contribution >= 4 is 34.3 Å². The normalized spacial score (nSPS) is 15.3. The van der Waals surface area contributed by atoms with Gasteiger partial charge >= 0.3 is 0 Å². The van der Waals surface area contributed by atoms with Gasteiger partial charge < -0.3 is 25.0 Å². The van der Waals surface area contributed by atoms with Crippen molar-refractivity contribution in [2.24, 2.45) is 0 Å². The van der Waals surface area contributed by atoms with Crippen LogP contribution in [0.1, 0.15) is 6.42 Å². The summed E-state index contributed by atoms with van der Waals surface area (Å²) in [6.07, 6.45) is 7.92. The zero-order valence-corrected chi connectivity index (χ0v) is 20.9. The van der Waals surface area contributed by atoms with E-state index in [0.29, 0.717) is 45.0 Å². The number of ether oxygens (including phenoxy) is 2. The molecule has 1 unspecified atom stereocenters. The molecule has 0 saturated carbocycles. The fraction of sp³-hybridized carbons (Fsp3) is 0.222. The van der Waals surface area contributed by atoms with Crippen LogP contribution >= 0.6 is 0 Å². The number of benzene rings is 1. The van der Waals surface area contributed by atoms with Gasteiger partial charge in [0.1, 0.15) is 34.5 Å². The second kappa shape index (κ2) is 10.8. The van der Waals surface area contributed by atoms with Crippen molar-refractivity contribution in [3.05, 3.63) is 67.5 Å². The average Bonchev–Trinajstić information content (AvgIpc) is 3.33. The number of hydrogen-bond donors (Lipinski definition) is 2. The van der Waals surface area contributed by atoms with Crippen molar-refractivity contribution in [3.8, 4) is 22.6 Å². The third-order valence-corrected chi connectivity index (χ3v) is 6.13. The maximum atomic E-state index is 13.9. The molecule has 1 aliphatic heterocycles. The molecule has 0 aliphatic carbocycles. The summed E-state index contributed by atoms with van der Waals surface area (Å²) in [6.45, 7) is 5.24. The number of fused-ring (bicyclic) bond motifs is 1. The third-order valence-electron chi connectivity index (χ3n) is 6.13. The Morgan fingerprint density at radius 3 is 2.79 bits per heavy atom. The third kappa shape index (κ3) is 5.37. The van der Waals surface area contributed by atoms with E-state index >= 15 is 0 Å². The molecule has 3 aromatic heterocycles. The Bertz CT molecular complexity index is 1510. The molecule has 4 aromatic rings. The first-order chi connectivity index (χ1) is 18.4. The molecular formula is C27H26FN7O3. The Labute approximate surface area is 218 Å². The fourth-order valence-electron chi connectivity index (χ4n) is 4.29. The summed E-state index contributed by atoms with van der Waals surface area (Å²) in [5, 5.41) is 5.96. The van der Waals surface area contributed by atoms with Gasteiger partial charge in [-0.05, 0) is 37.7 Å². The van der Waals surface area contributed by atoms with Gasteiger partial charge in [-0.1, -0.05) is 6.58 Å². The maximum Gasteiger partial charge on any atom is 0.247 e. The number of carbonyl (C=O) groups excluding carboxylic acids is 1. The molecule has 5 rings (SSSR count). The van der Waals surface area contributed by atoms with E-state index in [1.54, 1.807) is 36.8 Å². The van der Waals surface area contributed by atoms with Gasteiger partial charge in [0.2, 0.25) is 11.9 Å². The number of likely N-dealkylation sites (N-methyl/N-ethyl adjacent to an activating group) is 1. The Balaban J connectivity index is 1.52. The second-order valence-corrected chi connectivity index (χ2v) is 8.84. The minimum absolute atomic E-state index is 0.0186. The van der Waals surface area contributed by atoms with Crippen molar-refractivity contribution < 1.29 is 18.7 Å². The molecule has 2 N–H and O–H groups in total. The van der Waals surface area contributed by atoms with E-state index in [2.05, 4.69) is 42.0 Å². The molecular weight excluding hydrogens is 489 g/mol. The minimum Gasteiger partial charge on any atom is -0.494 e. The highest BCUT2D eigenvalue weighted by Crippen LogP contribution is 2.39. The number of aromatic nitrogens is 4. The summed E-state index contributed by atoms with van der Waals surface area (Å²) in [7, 11) is 3.57. The lowest BCUT2D eigenvalue weighted by Crippen LogP contribution is -2.22. The predicted octanol–water partition coefficient (Wildman–Crippen LogP) is 4.19. The Morgan fingerprint density at radius 2 is 2.05 bits per heavy atom. The Morgan fingerprint density at radius 1 is 1.18 bits per heavy atom. The zero-order valence-electron chi connectivity index (χ0n) is 20.9. The molecule has 1 fully saturated rings. The number of hydrogen-bond acceptors (Lipinski definition) is 9. The lowest BCUT2D eigenvalue weighted by atomic mass is 10.1. The molecule has 194 valence electrons. The number of amides is 1. The van der Waals surface area contributed by atoms with Crippen LogP contribution in [0.4, 0.5) is 21.7 Å². The van der Waals surface area contributed by atoms with Crippen molar-refractivity contribution in [1.29, 1.82) is 0 Å². The zero-order chi connectivity index (χ0) is 26.6. The fourth-order valence-corrected chi connectivity index (χ4v) is 4.29. The molecule has 1 atom stereocenters. The molecule has 0 bridgehead atoms. The lowest BCUT2D eigenvalue weighted by molar-refractivity contribution is -0.111. The Hall–Kier alpha value is -4.64. The SMILES string of the molecule is C=CC(=O)Nc1cc(Nc2ncc3nccc(-c4cncc(F)c4)c3n2)c(OC)cc1OC1CCN(C)C1. The van der Waals surface area contributed by atoms with E-state index in [1.807, 2.05) is 7.05 Å². The van der Waals surface area contributed by atoms with Crippen molar-refractivity contribution in [2.45, 2.75) is 12.5 Å². The van der Waals surface area contributed by atoms with Crippen molar-refractivity contribution in [2.75, 3.05) is 37.9 Å². The van der Waals surface area contributed by atoms with Crippen LogP contribution in [-0.4, -0.2) is 64.1 Å². The number of rotatable bonds is 8. The molecule has 1 saturated heterocycles. The van der Waals surface area contributed by atoms with E-state index in [4.69, 9.17) is 9.47 Å². The van der Waals surface area contributed by atoms with Crippen molar-refractivity contribution in [3.63, 3.8) is 0 Å². The maximum absolute atomic E-state index is 13.9. The van der Waals surface area contributed by atoms with Crippen LogP contribution in [0.3, 0.4) is 0 Å². The molecule has 4 heterocycles. The van der Waals surface area contributed by atoms with Gasteiger partial charge in [-0.3, -0.25) is 14.8 Å². The molecule has 11 heteroatoms. The van der Waals surface area contributed by atoms with E-state index in [0.717, 1.165) is 25.7 Å². The van der Waals surface area contributed by atoms with E-state index in [9.17, 15) is 9.18 Å². The summed E-state index contributed by atoms with van der Waals surface area (Å²) >= 11 is 0. The summed E-state index contributed by atoms with van der Waals surface area (Å²) in [6, 6.07) is 6.54. The van der Waals surface area contributed by atoms with E-state index < -0.39 is 5.82 Å². The topological polar surface area (TPSA) is 114 Å². The summed E-state index contributed by atoms with van der Waals surface area (Å²) in [4.78, 5) is 31.7. The summed E-state index contributed by atoms with van der Waals surface area (Å²) < 4.78 is 25.7. The quantitative estimate of drug-likeness (QED) is 0.334. The lowest BCUT2D eigenvalue weighted by Gasteiger charge is -2.20. The molecule has 0 radical (unpaired) electrons. The first-order valence-corrected chi connectivity index (χ1v) is 11.9. The van der Waals surface area contributed by atoms with Crippen LogP contribution in [0.2, 0.25) is 0 Å². The molecule has 1 amide bonds. The van der Waals surface area contributed by atoms with Gasteiger partial charge in [0, 0.05) is 42.7 Å². The number of nitrogens with one attached hydrogen (secondary N) is 2. The molecule has 10 nitrogen and oxygen atoms in total. The monoisotopic (exact) mass is 515 g/mol. The molecule has 38 heavy (non-hydrogen) atoms. The van der Waals surface area contributed by atoms with Gasteiger partial charge in [-0.2, -0.15) is 0 Å². The number of carbonyl (C=O) groups is 1. The first-order valence-electron chi connectivity index (χ1n) is 11.9. The number of anilines is 3. The van der Waals surface area contributed by atoms with Crippen molar-refractivity contribution in [1.82, 2.24) is 24.8 Å². The second-order valence-electron chi connectivity index (χ2n) is 8.84. The molecule has 0 spiro atoms. The van der Waals surface area contributed by atoms with Gasteiger partial charge in [-0.15, -0.1) is 0 Å². The van der Waals surface area contributed by atoms with Gasteiger partial charge in [0.15, 0.2) is 0 Å². The number of nitrogens with zero attached hydrogens (tertiary/aromatic N) is 5. The molecule has 1 aromatic carbocycles. The smallest absolute Gasteiger partial charge is 0.247 e. The summed E-state index contributed by atoms with van der Waals surface area (Å²) in [5.41, 5.74) is 3.22. The van der Waals surface area contributed by atoms with Crippen LogP contribution in [-0.2, 0) is 4.79 Å². The van der Waals surface area contributed by atoms with E-state index in [1.165, 1.54) is 19.3 Å². The largest absolute Gasteiger partial charge is 0.494 e. The van der Waals surface area contributed by atoms with Crippen LogP contribution < -0.4 is 20.1 Å². The number of halogens is 1. The van der Waals surface area contributed by atoms with Crippen LogP contribution in [0.15, 0.2) is 61.7 Å². The number of methoxy groups -OCH3 is 1. The van der Waals surface area contributed by atoms with Gasteiger partial charge in [0.25, 0.3) is 0 Å². The standard InChI is InChI=1S/C27H26FN7O3/c1-4-25(36)32-21-10-20(23(37-3)11-24(21)38-18-6-8-35(2)15-18)33-27-31-14-22-26(34-27)19(5-7-30-22)16-9-17(28)13-29-12-16/h4-5,7,9-14,18H,1,6,8,15H2,2-3H3,(H,32,36)(H,31,33,34).